The van der Waals surface area contributed by atoms with Gasteiger partial charge in [0.2, 0.25) is 0 Å². The van der Waals surface area contributed by atoms with Crippen molar-refractivity contribution in [1.29, 1.82) is 0 Å². The van der Waals surface area contributed by atoms with E-state index in [4.69, 9.17) is 9.47 Å². The van der Waals surface area contributed by atoms with Crippen LogP contribution in [0.3, 0.4) is 0 Å². The van der Waals surface area contributed by atoms with Gasteiger partial charge in [-0.15, -0.1) is 0 Å². The molecule has 1 saturated heterocycles. The third-order valence-corrected chi connectivity index (χ3v) is 2.90. The number of ether oxygens (including phenoxy) is 2. The standard InChI is InChI=1S/C8H14O5S/c1-4(9)14-3-5-6(10)7(11)8(12-2)13-5/h5-8,10-11H,3H2,1-2H3/t5-,6+,7-,8-/m1/s1. The van der Waals surface area contributed by atoms with Gasteiger partial charge in [0.1, 0.15) is 12.2 Å². The minimum Gasteiger partial charge on any atom is -0.387 e. The largest absolute Gasteiger partial charge is 0.387 e. The minimum absolute atomic E-state index is 0.0452. The molecule has 1 aliphatic rings. The van der Waals surface area contributed by atoms with Crippen LogP contribution in [0, 0.1) is 0 Å². The Balaban J connectivity index is 2.44. The van der Waals surface area contributed by atoms with Gasteiger partial charge in [-0.3, -0.25) is 4.79 Å². The summed E-state index contributed by atoms with van der Waals surface area (Å²) in [4.78, 5) is 10.7. The number of aliphatic hydroxyl groups is 2. The Kier molecular flexibility index (Phi) is 4.33. The van der Waals surface area contributed by atoms with Crippen LogP contribution in [0.25, 0.3) is 0 Å². The fourth-order valence-electron chi connectivity index (χ4n) is 1.25. The van der Waals surface area contributed by atoms with Crippen LogP contribution < -0.4 is 0 Å². The first kappa shape index (κ1) is 11.9. The fourth-order valence-corrected chi connectivity index (χ4v) is 1.92. The summed E-state index contributed by atoms with van der Waals surface area (Å²) in [6.07, 6.45) is -3.39. The second-order valence-electron chi connectivity index (χ2n) is 3.06. The van der Waals surface area contributed by atoms with E-state index in [2.05, 4.69) is 0 Å². The highest BCUT2D eigenvalue weighted by Gasteiger charge is 2.42. The molecule has 0 spiro atoms. The molecule has 1 aliphatic heterocycles. The quantitative estimate of drug-likeness (QED) is 0.661. The molecule has 5 nitrogen and oxygen atoms in total. The zero-order valence-electron chi connectivity index (χ0n) is 8.04. The minimum atomic E-state index is -1.04. The molecule has 1 rings (SSSR count). The van der Waals surface area contributed by atoms with Crippen LogP contribution in [-0.2, 0) is 14.3 Å². The summed E-state index contributed by atoms with van der Waals surface area (Å²) in [5.74, 6) is 0.327. The third-order valence-electron chi connectivity index (χ3n) is 2.00. The smallest absolute Gasteiger partial charge is 0.186 e. The highest BCUT2D eigenvalue weighted by Crippen LogP contribution is 2.24. The lowest BCUT2D eigenvalue weighted by atomic mass is 10.2. The van der Waals surface area contributed by atoms with Gasteiger partial charge in [0.15, 0.2) is 11.4 Å². The second-order valence-corrected chi connectivity index (χ2v) is 4.26. The van der Waals surface area contributed by atoms with Gasteiger partial charge in [0.05, 0.1) is 6.10 Å². The summed E-state index contributed by atoms with van der Waals surface area (Å²) < 4.78 is 9.99. The van der Waals surface area contributed by atoms with Crippen molar-refractivity contribution >= 4 is 16.9 Å². The Bertz CT molecular complexity index is 210. The number of carbonyl (C=O) groups is 1. The number of methoxy groups -OCH3 is 1. The number of thioether (sulfide) groups is 1. The molecule has 4 atom stereocenters. The third kappa shape index (κ3) is 2.68. The molecular formula is C8H14O5S. The van der Waals surface area contributed by atoms with E-state index in [1.807, 2.05) is 0 Å². The van der Waals surface area contributed by atoms with Gasteiger partial charge < -0.3 is 19.7 Å². The first-order valence-corrected chi connectivity index (χ1v) is 5.22. The maximum absolute atomic E-state index is 10.7. The molecule has 6 heteroatoms. The second kappa shape index (κ2) is 5.09. The van der Waals surface area contributed by atoms with Crippen molar-refractivity contribution < 1.29 is 24.5 Å². The van der Waals surface area contributed by atoms with Crippen molar-refractivity contribution in [3.05, 3.63) is 0 Å². The molecule has 14 heavy (non-hydrogen) atoms. The predicted octanol–water partition coefficient (Wildman–Crippen LogP) is -0.641. The normalized spacial score (nSPS) is 37.4. The van der Waals surface area contributed by atoms with Crippen molar-refractivity contribution in [1.82, 2.24) is 0 Å². The number of aliphatic hydroxyl groups excluding tert-OH is 2. The lowest BCUT2D eigenvalue weighted by Crippen LogP contribution is -2.33. The van der Waals surface area contributed by atoms with Gasteiger partial charge in [-0.05, 0) is 0 Å². The molecule has 0 radical (unpaired) electrons. The van der Waals surface area contributed by atoms with Crippen LogP contribution in [0.5, 0.6) is 0 Å². The van der Waals surface area contributed by atoms with Crippen LogP contribution in [0.1, 0.15) is 6.92 Å². The Morgan fingerprint density at radius 3 is 2.57 bits per heavy atom. The molecular weight excluding hydrogens is 208 g/mol. The number of rotatable bonds is 3. The summed E-state index contributed by atoms with van der Waals surface area (Å²) in [7, 11) is 1.39. The molecule has 0 unspecified atom stereocenters. The zero-order chi connectivity index (χ0) is 10.7. The van der Waals surface area contributed by atoms with Gasteiger partial charge >= 0.3 is 0 Å². The average Bonchev–Trinajstić information content (AvgIpc) is 2.41. The van der Waals surface area contributed by atoms with Crippen molar-refractivity contribution in [2.75, 3.05) is 12.9 Å². The van der Waals surface area contributed by atoms with E-state index in [0.717, 1.165) is 11.8 Å². The Labute approximate surface area is 86.4 Å². The van der Waals surface area contributed by atoms with Crippen molar-refractivity contribution in [3.8, 4) is 0 Å². The Morgan fingerprint density at radius 2 is 2.14 bits per heavy atom. The van der Waals surface area contributed by atoms with Crippen molar-refractivity contribution in [2.45, 2.75) is 31.5 Å². The number of hydrogen-bond acceptors (Lipinski definition) is 6. The number of carbonyl (C=O) groups excluding carboxylic acids is 1. The van der Waals surface area contributed by atoms with E-state index >= 15 is 0 Å². The molecule has 0 amide bonds. The molecule has 0 bridgehead atoms. The molecule has 0 aliphatic carbocycles. The number of hydrogen-bond donors (Lipinski definition) is 2. The Morgan fingerprint density at radius 1 is 1.50 bits per heavy atom. The van der Waals surface area contributed by atoms with E-state index in [1.165, 1.54) is 14.0 Å². The van der Waals surface area contributed by atoms with Crippen LogP contribution in [0.2, 0.25) is 0 Å². The molecule has 1 heterocycles. The van der Waals surface area contributed by atoms with Crippen LogP contribution in [0.15, 0.2) is 0 Å². The molecule has 0 aromatic heterocycles. The van der Waals surface area contributed by atoms with E-state index in [0.29, 0.717) is 5.75 Å². The van der Waals surface area contributed by atoms with E-state index in [-0.39, 0.29) is 5.12 Å². The molecule has 1 fully saturated rings. The van der Waals surface area contributed by atoms with Crippen LogP contribution in [0.4, 0.5) is 0 Å². The van der Waals surface area contributed by atoms with Crippen molar-refractivity contribution in [2.24, 2.45) is 0 Å². The topological polar surface area (TPSA) is 76.0 Å². The molecule has 0 aromatic rings. The Hall–Kier alpha value is -0.140. The molecule has 0 aromatic carbocycles. The lowest BCUT2D eigenvalue weighted by Gasteiger charge is -2.12. The van der Waals surface area contributed by atoms with Gasteiger partial charge in [-0.1, -0.05) is 11.8 Å². The van der Waals surface area contributed by atoms with Gasteiger partial charge in [0, 0.05) is 19.8 Å². The van der Waals surface area contributed by atoms with Gasteiger partial charge in [0.25, 0.3) is 0 Å². The maximum Gasteiger partial charge on any atom is 0.186 e. The highest BCUT2D eigenvalue weighted by molar-refractivity contribution is 8.13. The maximum atomic E-state index is 10.7. The van der Waals surface area contributed by atoms with Crippen LogP contribution >= 0.6 is 11.8 Å². The summed E-state index contributed by atoms with van der Waals surface area (Å²) in [5.41, 5.74) is 0. The SMILES string of the molecule is CO[C@@H]1O[C@H](CSC(C)=O)[C@H](O)[C@H]1O. The first-order valence-electron chi connectivity index (χ1n) is 4.24. The molecule has 0 saturated carbocycles. The highest BCUT2D eigenvalue weighted by atomic mass is 32.2. The predicted molar refractivity (Wildman–Crippen MR) is 50.8 cm³/mol. The summed E-state index contributed by atoms with van der Waals surface area (Å²) in [6, 6.07) is 0. The monoisotopic (exact) mass is 222 g/mol. The van der Waals surface area contributed by atoms with E-state index in [9.17, 15) is 15.0 Å². The fraction of sp³-hybridized carbons (Fsp3) is 0.875. The average molecular weight is 222 g/mol. The van der Waals surface area contributed by atoms with Crippen LogP contribution in [-0.4, -0.2) is 52.8 Å². The zero-order valence-corrected chi connectivity index (χ0v) is 8.86. The van der Waals surface area contributed by atoms with Gasteiger partial charge in [-0.2, -0.15) is 0 Å². The summed E-state index contributed by atoms with van der Waals surface area (Å²) in [5, 5.41) is 18.8. The summed E-state index contributed by atoms with van der Waals surface area (Å²) in [6.45, 7) is 1.44. The van der Waals surface area contributed by atoms with Crippen molar-refractivity contribution in [3.63, 3.8) is 0 Å². The first-order chi connectivity index (χ1) is 6.56. The molecule has 2 N–H and O–H groups in total. The molecule has 82 valence electrons. The van der Waals surface area contributed by atoms with Gasteiger partial charge in [-0.25, -0.2) is 0 Å². The lowest BCUT2D eigenvalue weighted by molar-refractivity contribution is -0.145. The van der Waals surface area contributed by atoms with E-state index in [1.54, 1.807) is 0 Å². The van der Waals surface area contributed by atoms with E-state index < -0.39 is 24.6 Å². The summed E-state index contributed by atoms with van der Waals surface area (Å²) >= 11 is 1.06.